The van der Waals surface area contributed by atoms with Crippen LogP contribution in [-0.4, -0.2) is 26.1 Å². The van der Waals surface area contributed by atoms with Crippen LogP contribution in [0, 0.1) is 0 Å². The van der Waals surface area contributed by atoms with E-state index in [1.54, 1.807) is 5.19 Å². The van der Waals surface area contributed by atoms with Crippen LogP contribution in [0.15, 0.2) is 30.3 Å². The van der Waals surface area contributed by atoms with E-state index in [2.05, 4.69) is 55.2 Å². The lowest BCUT2D eigenvalue weighted by atomic mass is 10.4. The Balaban J connectivity index is 2.26. The third kappa shape index (κ3) is 5.75. The molecule has 0 saturated heterocycles. The lowest BCUT2D eigenvalue weighted by Crippen LogP contribution is -2.40. The molecule has 0 bridgehead atoms. The van der Waals surface area contributed by atoms with E-state index in [1.807, 2.05) is 0 Å². The molecule has 96 valence electrons. The van der Waals surface area contributed by atoms with Crippen molar-refractivity contribution in [3.63, 3.8) is 0 Å². The second-order valence-corrected chi connectivity index (χ2v) is 11.2. The van der Waals surface area contributed by atoms with Crippen molar-refractivity contribution in [1.82, 2.24) is 0 Å². The Labute approximate surface area is 111 Å². The van der Waals surface area contributed by atoms with E-state index in [-0.39, 0.29) is 0 Å². The van der Waals surface area contributed by atoms with Gasteiger partial charge in [-0.1, -0.05) is 54.7 Å². The van der Waals surface area contributed by atoms with Gasteiger partial charge in [-0.05, 0) is 30.9 Å². The summed E-state index contributed by atoms with van der Waals surface area (Å²) in [6.07, 6.45) is 2.51. The Kier molecular flexibility index (Phi) is 6.93. The monoisotopic (exact) mass is 267 g/mol. The molecule has 0 saturated carbocycles. The lowest BCUT2D eigenvalue weighted by molar-refractivity contribution is 0.940. The van der Waals surface area contributed by atoms with Crippen molar-refractivity contribution < 1.29 is 0 Å². The van der Waals surface area contributed by atoms with Crippen LogP contribution in [0.1, 0.15) is 12.8 Å². The van der Waals surface area contributed by atoms with Gasteiger partial charge in [-0.15, -0.1) is 0 Å². The summed E-state index contributed by atoms with van der Waals surface area (Å²) in [6, 6.07) is 12.4. The fraction of sp³-hybridized carbons (Fsp3) is 0.571. The molecule has 0 aromatic heterocycles. The lowest BCUT2D eigenvalue weighted by Gasteiger charge is -2.22. The molecule has 0 aliphatic heterocycles. The number of thioether (sulfide) groups is 1. The Hall–Kier alpha value is -0.253. The van der Waals surface area contributed by atoms with Crippen molar-refractivity contribution >= 4 is 25.0 Å². The maximum atomic E-state index is 5.48. The minimum atomic E-state index is -1.19. The molecule has 1 aromatic carbocycles. The normalized spacial score (nSPS) is 11.7. The summed E-state index contributed by atoms with van der Waals surface area (Å²) in [5, 5.41) is 1.59. The highest BCUT2D eigenvalue weighted by molar-refractivity contribution is 7.99. The second kappa shape index (κ2) is 7.96. The first-order chi connectivity index (χ1) is 8.17. The van der Waals surface area contributed by atoms with Crippen molar-refractivity contribution in [3.8, 4) is 0 Å². The van der Waals surface area contributed by atoms with Crippen molar-refractivity contribution in [1.29, 1.82) is 0 Å². The van der Waals surface area contributed by atoms with Gasteiger partial charge in [0.25, 0.3) is 0 Å². The van der Waals surface area contributed by atoms with Crippen molar-refractivity contribution in [2.75, 3.05) is 18.1 Å². The number of hydrogen-bond donors (Lipinski definition) is 1. The third-order valence-corrected chi connectivity index (χ3v) is 7.79. The summed E-state index contributed by atoms with van der Waals surface area (Å²) in [5.41, 5.74) is 5.48. The van der Waals surface area contributed by atoms with Crippen molar-refractivity contribution in [2.24, 2.45) is 5.73 Å². The van der Waals surface area contributed by atoms with E-state index in [0.717, 1.165) is 13.0 Å². The van der Waals surface area contributed by atoms with Gasteiger partial charge in [-0.2, -0.15) is 11.8 Å². The molecule has 0 atom stereocenters. The molecule has 0 aliphatic rings. The highest BCUT2D eigenvalue weighted by Crippen LogP contribution is 2.15. The predicted octanol–water partition coefficient (Wildman–Crippen LogP) is 3.07. The zero-order valence-electron chi connectivity index (χ0n) is 11.1. The first kappa shape index (κ1) is 14.8. The highest BCUT2D eigenvalue weighted by atomic mass is 32.2. The summed E-state index contributed by atoms with van der Waals surface area (Å²) >= 11 is 2.06. The minimum absolute atomic E-state index is 0.831. The molecule has 3 heteroatoms. The zero-order chi connectivity index (χ0) is 12.6. The minimum Gasteiger partial charge on any atom is -0.330 e. The van der Waals surface area contributed by atoms with E-state index in [0.29, 0.717) is 0 Å². The van der Waals surface area contributed by atoms with Gasteiger partial charge in [0.15, 0.2) is 0 Å². The third-order valence-electron chi connectivity index (χ3n) is 3.14. The molecule has 1 aromatic rings. The van der Waals surface area contributed by atoms with Crippen molar-refractivity contribution in [3.05, 3.63) is 30.3 Å². The van der Waals surface area contributed by atoms with E-state index >= 15 is 0 Å². The van der Waals surface area contributed by atoms with Crippen LogP contribution in [0.5, 0.6) is 0 Å². The molecular weight excluding hydrogens is 242 g/mol. The molecule has 2 N–H and O–H groups in total. The largest absolute Gasteiger partial charge is 0.330 e. The fourth-order valence-electron chi connectivity index (χ4n) is 1.94. The van der Waals surface area contributed by atoms with Gasteiger partial charge in [0.05, 0.1) is 8.07 Å². The summed E-state index contributed by atoms with van der Waals surface area (Å²) < 4.78 is 0. The molecule has 0 amide bonds. The average Bonchev–Trinajstić information content (AvgIpc) is 2.35. The maximum absolute atomic E-state index is 5.48. The van der Waals surface area contributed by atoms with Crippen LogP contribution in [0.4, 0.5) is 0 Å². The molecule has 17 heavy (non-hydrogen) atoms. The van der Waals surface area contributed by atoms with Crippen LogP contribution >= 0.6 is 11.8 Å². The van der Waals surface area contributed by atoms with Crippen molar-refractivity contribution in [2.45, 2.75) is 32.0 Å². The van der Waals surface area contributed by atoms with E-state index in [1.165, 1.54) is 24.0 Å². The number of rotatable bonds is 8. The van der Waals surface area contributed by atoms with E-state index in [9.17, 15) is 0 Å². The summed E-state index contributed by atoms with van der Waals surface area (Å²) in [6.45, 7) is 5.79. The first-order valence-corrected chi connectivity index (χ1v) is 10.9. The molecule has 0 heterocycles. The van der Waals surface area contributed by atoms with Gasteiger partial charge in [-0.3, -0.25) is 0 Å². The molecule has 0 radical (unpaired) electrons. The fourth-order valence-corrected chi connectivity index (χ4v) is 5.56. The summed E-state index contributed by atoms with van der Waals surface area (Å²) in [7, 11) is -1.19. The Bertz CT molecular complexity index is 300. The quantitative estimate of drug-likeness (QED) is 0.579. The first-order valence-electron chi connectivity index (χ1n) is 6.50. The topological polar surface area (TPSA) is 26.0 Å². The molecule has 0 fully saturated rings. The smallest absolute Gasteiger partial charge is 0.0806 e. The molecule has 0 spiro atoms. The number of benzene rings is 1. The Morgan fingerprint density at radius 2 is 1.71 bits per heavy atom. The SMILES string of the molecule is C[Si](C)(CCCSCCCN)c1ccccc1. The van der Waals surface area contributed by atoms with Crippen LogP contribution < -0.4 is 10.9 Å². The Morgan fingerprint density at radius 1 is 1.06 bits per heavy atom. The maximum Gasteiger partial charge on any atom is 0.0806 e. The molecule has 0 unspecified atom stereocenters. The van der Waals surface area contributed by atoms with Gasteiger partial charge in [0.1, 0.15) is 0 Å². The summed E-state index contributed by atoms with van der Waals surface area (Å²) in [5.74, 6) is 2.52. The van der Waals surface area contributed by atoms with Crippen LogP contribution in [0.3, 0.4) is 0 Å². The van der Waals surface area contributed by atoms with Gasteiger partial charge in [0, 0.05) is 0 Å². The standard InChI is InChI=1S/C14H25NSSi/c1-17(2,14-8-4-3-5-9-14)13-7-12-16-11-6-10-15/h3-5,8-9H,6-7,10-13,15H2,1-2H3. The number of nitrogens with two attached hydrogens (primary N) is 1. The number of hydrogen-bond acceptors (Lipinski definition) is 2. The summed E-state index contributed by atoms with van der Waals surface area (Å²) in [4.78, 5) is 0. The van der Waals surface area contributed by atoms with Gasteiger partial charge in [0.2, 0.25) is 0 Å². The van der Waals surface area contributed by atoms with Crippen LogP contribution in [0.25, 0.3) is 0 Å². The molecule has 1 nitrogen and oxygen atoms in total. The Morgan fingerprint density at radius 3 is 2.35 bits per heavy atom. The van der Waals surface area contributed by atoms with Gasteiger partial charge in [-0.25, -0.2) is 0 Å². The van der Waals surface area contributed by atoms with Crippen LogP contribution in [0.2, 0.25) is 19.1 Å². The molecular formula is C14H25NSSi. The predicted molar refractivity (Wildman–Crippen MR) is 84.0 cm³/mol. The van der Waals surface area contributed by atoms with E-state index < -0.39 is 8.07 Å². The molecule has 1 rings (SSSR count). The van der Waals surface area contributed by atoms with Gasteiger partial charge < -0.3 is 5.73 Å². The average molecular weight is 268 g/mol. The second-order valence-electron chi connectivity index (χ2n) is 5.11. The van der Waals surface area contributed by atoms with Gasteiger partial charge >= 0.3 is 0 Å². The molecule has 0 aliphatic carbocycles. The van der Waals surface area contributed by atoms with E-state index in [4.69, 9.17) is 5.73 Å². The van der Waals surface area contributed by atoms with Crippen LogP contribution in [-0.2, 0) is 0 Å². The highest BCUT2D eigenvalue weighted by Gasteiger charge is 2.21. The zero-order valence-corrected chi connectivity index (χ0v) is 12.9.